The molecule has 0 spiro atoms. The average molecular weight is 320 g/mol. The van der Waals surface area contributed by atoms with Crippen LogP contribution in [-0.2, 0) is 11.3 Å². The van der Waals surface area contributed by atoms with Crippen LogP contribution in [0, 0.1) is 5.92 Å². The van der Waals surface area contributed by atoms with Crippen LogP contribution in [0.5, 0.6) is 0 Å². The van der Waals surface area contributed by atoms with Crippen molar-refractivity contribution < 1.29 is 19.1 Å². The number of nitrogens with one attached hydrogen (secondary N) is 1. The smallest absolute Gasteiger partial charge is 0.371 e. The monoisotopic (exact) mass is 319 g/mol. The molecule has 3 rings (SSSR count). The van der Waals surface area contributed by atoms with Gasteiger partial charge in [-0.1, -0.05) is 23.7 Å². The predicted molar refractivity (Wildman–Crippen MR) is 79.8 cm³/mol. The second-order valence-electron chi connectivity index (χ2n) is 5.29. The van der Waals surface area contributed by atoms with Crippen molar-refractivity contribution in [2.75, 3.05) is 0 Å². The van der Waals surface area contributed by atoms with Gasteiger partial charge in [0.25, 0.3) is 0 Å². The Labute approximate surface area is 131 Å². The van der Waals surface area contributed by atoms with Crippen LogP contribution in [0.25, 0.3) is 0 Å². The summed E-state index contributed by atoms with van der Waals surface area (Å²) in [5.74, 6) is -0.755. The van der Waals surface area contributed by atoms with Crippen molar-refractivity contribution in [1.29, 1.82) is 0 Å². The highest BCUT2D eigenvalue weighted by Gasteiger charge is 2.43. The maximum absolute atomic E-state index is 12.1. The van der Waals surface area contributed by atoms with Crippen LogP contribution in [0.4, 0.5) is 0 Å². The highest BCUT2D eigenvalue weighted by Crippen LogP contribution is 2.47. The van der Waals surface area contributed by atoms with Crippen molar-refractivity contribution in [1.82, 2.24) is 5.32 Å². The summed E-state index contributed by atoms with van der Waals surface area (Å²) in [6.07, 6.45) is 0.796. The summed E-state index contributed by atoms with van der Waals surface area (Å²) in [5, 5.41) is 12.2. The number of amides is 1. The number of aromatic carboxylic acids is 1. The highest BCUT2D eigenvalue weighted by molar-refractivity contribution is 6.30. The molecule has 114 valence electrons. The average Bonchev–Trinajstić information content (AvgIpc) is 3.15. The van der Waals surface area contributed by atoms with Crippen LogP contribution in [-0.4, -0.2) is 17.0 Å². The molecule has 6 heteroatoms. The van der Waals surface area contributed by atoms with Crippen LogP contribution in [0.2, 0.25) is 5.02 Å². The number of carboxylic acids is 1. The second kappa shape index (κ2) is 5.85. The molecule has 5 nitrogen and oxygen atoms in total. The third-order valence-electron chi connectivity index (χ3n) is 3.71. The number of rotatable bonds is 5. The van der Waals surface area contributed by atoms with Crippen molar-refractivity contribution in [3.05, 3.63) is 58.5 Å². The third-order valence-corrected chi connectivity index (χ3v) is 3.95. The Bertz CT molecular complexity index is 724. The predicted octanol–water partition coefficient (Wildman–Crippen LogP) is 3.05. The summed E-state index contributed by atoms with van der Waals surface area (Å²) in [7, 11) is 0. The number of carboxylic acid groups (broad SMARTS) is 1. The van der Waals surface area contributed by atoms with Crippen molar-refractivity contribution >= 4 is 23.5 Å². The zero-order valence-electron chi connectivity index (χ0n) is 11.6. The summed E-state index contributed by atoms with van der Waals surface area (Å²) in [5.41, 5.74) is 1.07. The van der Waals surface area contributed by atoms with E-state index in [1.165, 1.54) is 6.07 Å². The summed E-state index contributed by atoms with van der Waals surface area (Å²) < 4.78 is 5.09. The van der Waals surface area contributed by atoms with Crippen LogP contribution >= 0.6 is 11.6 Å². The first-order valence-electron chi connectivity index (χ1n) is 6.90. The lowest BCUT2D eigenvalue weighted by atomic mass is 10.1. The Kier molecular flexibility index (Phi) is 3.90. The fourth-order valence-corrected chi connectivity index (χ4v) is 2.68. The van der Waals surface area contributed by atoms with Gasteiger partial charge >= 0.3 is 5.97 Å². The molecule has 1 aliphatic carbocycles. The van der Waals surface area contributed by atoms with E-state index in [9.17, 15) is 9.59 Å². The minimum absolute atomic E-state index is 0.0572. The first-order chi connectivity index (χ1) is 10.5. The van der Waals surface area contributed by atoms with Gasteiger partial charge in [-0.3, -0.25) is 4.79 Å². The van der Waals surface area contributed by atoms with Crippen molar-refractivity contribution in [2.45, 2.75) is 18.9 Å². The maximum atomic E-state index is 12.1. The zero-order chi connectivity index (χ0) is 15.7. The molecule has 0 saturated heterocycles. The van der Waals surface area contributed by atoms with Gasteiger partial charge in [-0.05, 0) is 42.2 Å². The second-order valence-corrected chi connectivity index (χ2v) is 5.73. The lowest BCUT2D eigenvalue weighted by molar-refractivity contribution is -0.122. The van der Waals surface area contributed by atoms with E-state index in [1.54, 1.807) is 12.1 Å². The molecule has 0 aliphatic heterocycles. The number of furan rings is 1. The fraction of sp³-hybridized carbons (Fsp3) is 0.250. The van der Waals surface area contributed by atoms with E-state index in [2.05, 4.69) is 5.32 Å². The lowest BCUT2D eigenvalue weighted by Gasteiger charge is -2.03. The normalized spacial score (nSPS) is 19.7. The molecule has 1 aromatic heterocycles. The molecule has 22 heavy (non-hydrogen) atoms. The van der Waals surface area contributed by atoms with Gasteiger partial charge in [0.05, 0.1) is 6.54 Å². The van der Waals surface area contributed by atoms with E-state index in [4.69, 9.17) is 21.1 Å². The van der Waals surface area contributed by atoms with Gasteiger partial charge in [-0.25, -0.2) is 4.79 Å². The largest absolute Gasteiger partial charge is 0.475 e. The van der Waals surface area contributed by atoms with Crippen molar-refractivity contribution in [2.24, 2.45) is 5.92 Å². The standard InChI is InChI=1S/C16H14ClNO4/c17-10-3-1-2-9(6-10)12-7-13(12)15(19)18-8-11-4-5-14(22-11)16(20)21/h1-6,12-13H,7-8H2,(H,18,19)(H,20,21)/t12-,13-/m0/s1. The SMILES string of the molecule is O=C(O)c1ccc(CNC(=O)[C@H]2C[C@H]2c2cccc(Cl)c2)o1. The molecule has 2 N–H and O–H groups in total. The highest BCUT2D eigenvalue weighted by atomic mass is 35.5. The number of carbonyl (C=O) groups excluding carboxylic acids is 1. The molecule has 1 aromatic carbocycles. The molecule has 1 saturated carbocycles. The molecular weight excluding hydrogens is 306 g/mol. The van der Waals surface area contributed by atoms with Gasteiger partial charge in [0.2, 0.25) is 11.7 Å². The van der Waals surface area contributed by atoms with Gasteiger partial charge < -0.3 is 14.8 Å². The molecule has 2 atom stereocenters. The van der Waals surface area contributed by atoms with Gasteiger partial charge in [0.15, 0.2) is 0 Å². The Morgan fingerprint density at radius 3 is 2.82 bits per heavy atom. The summed E-state index contributed by atoms with van der Waals surface area (Å²) in [6.45, 7) is 0.185. The van der Waals surface area contributed by atoms with E-state index < -0.39 is 5.97 Å². The van der Waals surface area contributed by atoms with Gasteiger partial charge in [-0.2, -0.15) is 0 Å². The van der Waals surface area contributed by atoms with E-state index in [0.717, 1.165) is 12.0 Å². The van der Waals surface area contributed by atoms with Gasteiger partial charge in [0, 0.05) is 10.9 Å². The molecule has 2 aromatic rings. The van der Waals surface area contributed by atoms with Crippen LogP contribution in [0.1, 0.15) is 34.2 Å². The number of halogens is 1. The fourth-order valence-electron chi connectivity index (χ4n) is 2.48. The Morgan fingerprint density at radius 2 is 2.14 bits per heavy atom. The zero-order valence-corrected chi connectivity index (χ0v) is 12.3. The molecule has 1 heterocycles. The van der Waals surface area contributed by atoms with Crippen LogP contribution in [0.15, 0.2) is 40.8 Å². The first-order valence-corrected chi connectivity index (χ1v) is 7.27. The molecule has 1 fully saturated rings. The Balaban J connectivity index is 1.54. The summed E-state index contributed by atoms with van der Waals surface area (Å²) in [4.78, 5) is 22.8. The van der Waals surface area contributed by atoms with Crippen LogP contribution < -0.4 is 5.32 Å². The Morgan fingerprint density at radius 1 is 1.32 bits per heavy atom. The molecule has 1 aliphatic rings. The van der Waals surface area contributed by atoms with E-state index in [1.807, 2.05) is 18.2 Å². The molecule has 1 amide bonds. The number of hydrogen-bond donors (Lipinski definition) is 2. The maximum Gasteiger partial charge on any atom is 0.371 e. The number of benzene rings is 1. The van der Waals surface area contributed by atoms with Crippen LogP contribution in [0.3, 0.4) is 0 Å². The number of carbonyl (C=O) groups is 2. The topological polar surface area (TPSA) is 79.5 Å². The van der Waals surface area contributed by atoms with E-state index in [0.29, 0.717) is 10.8 Å². The third kappa shape index (κ3) is 3.14. The summed E-state index contributed by atoms with van der Waals surface area (Å²) in [6, 6.07) is 10.4. The first kappa shape index (κ1) is 14.7. The molecular formula is C16H14ClNO4. The van der Waals surface area contributed by atoms with Crippen molar-refractivity contribution in [3.8, 4) is 0 Å². The molecule has 0 radical (unpaired) electrons. The minimum Gasteiger partial charge on any atom is -0.475 e. The summed E-state index contributed by atoms with van der Waals surface area (Å²) >= 11 is 5.95. The van der Waals surface area contributed by atoms with Crippen molar-refractivity contribution in [3.63, 3.8) is 0 Å². The lowest BCUT2D eigenvalue weighted by Crippen LogP contribution is -2.24. The molecule has 0 unspecified atom stereocenters. The number of hydrogen-bond acceptors (Lipinski definition) is 3. The van der Waals surface area contributed by atoms with Gasteiger partial charge in [0.1, 0.15) is 5.76 Å². The van der Waals surface area contributed by atoms with Gasteiger partial charge in [-0.15, -0.1) is 0 Å². The quantitative estimate of drug-likeness (QED) is 0.887. The van der Waals surface area contributed by atoms with E-state index >= 15 is 0 Å². The minimum atomic E-state index is -1.12. The van der Waals surface area contributed by atoms with E-state index in [-0.39, 0.29) is 30.0 Å². The Hall–Kier alpha value is -2.27. The molecule has 0 bridgehead atoms.